The van der Waals surface area contributed by atoms with Gasteiger partial charge in [-0.05, 0) is 62.9 Å². The molecule has 0 heterocycles. The first-order chi connectivity index (χ1) is 7.84. The summed E-state index contributed by atoms with van der Waals surface area (Å²) in [6, 6.07) is 0. The van der Waals surface area contributed by atoms with E-state index < -0.39 is 0 Å². The first kappa shape index (κ1) is 12.2. The summed E-state index contributed by atoms with van der Waals surface area (Å²) in [6.07, 6.45) is 14.5. The lowest BCUT2D eigenvalue weighted by Gasteiger charge is -2.27. The van der Waals surface area contributed by atoms with Crippen LogP contribution in [0.5, 0.6) is 0 Å². The molecule has 1 unspecified atom stereocenters. The van der Waals surface area contributed by atoms with Crippen LogP contribution >= 0.6 is 0 Å². The summed E-state index contributed by atoms with van der Waals surface area (Å²) in [7, 11) is 0. The normalized spacial score (nSPS) is 35.2. The summed E-state index contributed by atoms with van der Waals surface area (Å²) in [5, 5.41) is 3.71. The van der Waals surface area contributed by atoms with E-state index in [0.717, 1.165) is 17.8 Å². The molecule has 0 aromatic carbocycles. The van der Waals surface area contributed by atoms with Crippen molar-refractivity contribution in [3.8, 4) is 0 Å². The van der Waals surface area contributed by atoms with E-state index in [1.165, 1.54) is 58.0 Å². The van der Waals surface area contributed by atoms with Crippen LogP contribution in [-0.4, -0.2) is 13.1 Å². The van der Waals surface area contributed by atoms with Gasteiger partial charge in [-0.15, -0.1) is 0 Å². The van der Waals surface area contributed by atoms with Gasteiger partial charge in [-0.25, -0.2) is 0 Å². The minimum absolute atomic E-state index is 0.910. The van der Waals surface area contributed by atoms with E-state index in [1.54, 1.807) is 0 Å². The molecule has 92 valence electrons. The van der Waals surface area contributed by atoms with E-state index in [2.05, 4.69) is 24.4 Å². The fourth-order valence-corrected chi connectivity index (χ4v) is 3.07. The zero-order valence-corrected chi connectivity index (χ0v) is 10.8. The highest BCUT2D eigenvalue weighted by Crippen LogP contribution is 2.27. The molecular formula is C15H27N. The Balaban J connectivity index is 1.55. The van der Waals surface area contributed by atoms with Crippen molar-refractivity contribution in [1.29, 1.82) is 0 Å². The van der Waals surface area contributed by atoms with Crippen molar-refractivity contribution in [2.75, 3.05) is 13.1 Å². The molecule has 1 N–H and O–H groups in total. The van der Waals surface area contributed by atoms with Crippen molar-refractivity contribution >= 4 is 0 Å². The van der Waals surface area contributed by atoms with Crippen LogP contribution in [0.1, 0.15) is 51.9 Å². The van der Waals surface area contributed by atoms with Crippen LogP contribution in [0.3, 0.4) is 0 Å². The van der Waals surface area contributed by atoms with E-state index in [0.29, 0.717) is 0 Å². The number of allylic oxidation sites excluding steroid dienone is 2. The molecule has 0 bridgehead atoms. The number of nitrogens with one attached hydrogen (secondary N) is 1. The Hall–Kier alpha value is -0.300. The second-order valence-electron chi connectivity index (χ2n) is 5.93. The highest BCUT2D eigenvalue weighted by molar-refractivity contribution is 4.90. The van der Waals surface area contributed by atoms with Crippen LogP contribution in [0.2, 0.25) is 0 Å². The molecule has 0 spiro atoms. The first-order valence-electron chi connectivity index (χ1n) is 7.20. The van der Waals surface area contributed by atoms with Crippen LogP contribution in [-0.2, 0) is 0 Å². The van der Waals surface area contributed by atoms with Gasteiger partial charge in [0.2, 0.25) is 0 Å². The zero-order chi connectivity index (χ0) is 11.2. The Labute approximate surface area is 101 Å². The molecule has 2 aliphatic rings. The highest BCUT2D eigenvalue weighted by atomic mass is 14.9. The van der Waals surface area contributed by atoms with Crippen LogP contribution in [0.4, 0.5) is 0 Å². The van der Waals surface area contributed by atoms with Gasteiger partial charge in [0.15, 0.2) is 0 Å². The van der Waals surface area contributed by atoms with Crippen LogP contribution in [0.25, 0.3) is 0 Å². The zero-order valence-electron chi connectivity index (χ0n) is 10.8. The molecule has 0 aliphatic heterocycles. The quantitative estimate of drug-likeness (QED) is 0.713. The second kappa shape index (κ2) is 6.44. The monoisotopic (exact) mass is 221 g/mol. The maximum Gasteiger partial charge on any atom is -0.00173 e. The third-order valence-corrected chi connectivity index (χ3v) is 4.38. The molecule has 0 aromatic rings. The standard InChI is InChI=1S/C15H27N/c1-13-7-9-15(10-8-13)12-16-11-14-5-3-2-4-6-14/h2-3,13-16H,4-12H2,1H3. The summed E-state index contributed by atoms with van der Waals surface area (Å²) in [6.45, 7) is 4.92. The molecule has 0 aromatic heterocycles. The summed E-state index contributed by atoms with van der Waals surface area (Å²) in [5.74, 6) is 2.86. The lowest BCUT2D eigenvalue weighted by molar-refractivity contribution is 0.276. The second-order valence-corrected chi connectivity index (χ2v) is 5.93. The number of rotatable bonds is 4. The van der Waals surface area contributed by atoms with Crippen molar-refractivity contribution in [1.82, 2.24) is 5.32 Å². The minimum Gasteiger partial charge on any atom is -0.316 e. The molecule has 2 aliphatic carbocycles. The van der Waals surface area contributed by atoms with Crippen LogP contribution in [0.15, 0.2) is 12.2 Å². The summed E-state index contributed by atoms with van der Waals surface area (Å²) < 4.78 is 0. The van der Waals surface area contributed by atoms with Crippen molar-refractivity contribution in [2.24, 2.45) is 17.8 Å². The van der Waals surface area contributed by atoms with E-state index in [-0.39, 0.29) is 0 Å². The molecule has 1 nitrogen and oxygen atoms in total. The van der Waals surface area contributed by atoms with Crippen LogP contribution < -0.4 is 5.32 Å². The molecule has 2 rings (SSSR count). The molecule has 1 fully saturated rings. The fourth-order valence-electron chi connectivity index (χ4n) is 3.07. The molecular weight excluding hydrogens is 194 g/mol. The summed E-state index contributed by atoms with van der Waals surface area (Å²) in [4.78, 5) is 0. The molecule has 1 atom stereocenters. The van der Waals surface area contributed by atoms with Gasteiger partial charge in [-0.1, -0.05) is 31.9 Å². The van der Waals surface area contributed by atoms with Crippen molar-refractivity contribution in [3.05, 3.63) is 12.2 Å². The largest absolute Gasteiger partial charge is 0.316 e. The van der Waals surface area contributed by atoms with Gasteiger partial charge in [0.25, 0.3) is 0 Å². The van der Waals surface area contributed by atoms with E-state index in [4.69, 9.17) is 0 Å². The van der Waals surface area contributed by atoms with Gasteiger partial charge in [0.05, 0.1) is 0 Å². The van der Waals surface area contributed by atoms with E-state index >= 15 is 0 Å². The molecule has 16 heavy (non-hydrogen) atoms. The van der Waals surface area contributed by atoms with E-state index in [9.17, 15) is 0 Å². The molecule has 1 saturated carbocycles. The van der Waals surface area contributed by atoms with Gasteiger partial charge in [0.1, 0.15) is 0 Å². The molecule has 0 amide bonds. The molecule has 0 radical (unpaired) electrons. The number of hydrogen-bond donors (Lipinski definition) is 1. The Morgan fingerprint density at radius 2 is 1.69 bits per heavy atom. The smallest absolute Gasteiger partial charge is 0.00173 e. The Kier molecular flexibility index (Phi) is 4.90. The molecule has 0 saturated heterocycles. The first-order valence-corrected chi connectivity index (χ1v) is 7.20. The predicted octanol–water partition coefficient (Wildman–Crippen LogP) is 3.76. The topological polar surface area (TPSA) is 12.0 Å². The maximum atomic E-state index is 3.71. The average molecular weight is 221 g/mol. The average Bonchev–Trinajstić information content (AvgIpc) is 2.33. The van der Waals surface area contributed by atoms with Crippen molar-refractivity contribution in [3.63, 3.8) is 0 Å². The van der Waals surface area contributed by atoms with Crippen molar-refractivity contribution < 1.29 is 0 Å². The SMILES string of the molecule is CC1CCC(CNCC2CC=CCC2)CC1. The van der Waals surface area contributed by atoms with Gasteiger partial charge in [-0.2, -0.15) is 0 Å². The third kappa shape index (κ3) is 3.93. The summed E-state index contributed by atoms with van der Waals surface area (Å²) in [5.41, 5.74) is 0. The fraction of sp³-hybridized carbons (Fsp3) is 0.867. The van der Waals surface area contributed by atoms with Gasteiger partial charge in [-0.3, -0.25) is 0 Å². The lowest BCUT2D eigenvalue weighted by atomic mass is 9.83. The highest BCUT2D eigenvalue weighted by Gasteiger charge is 2.18. The number of hydrogen-bond acceptors (Lipinski definition) is 1. The Bertz CT molecular complexity index is 213. The van der Waals surface area contributed by atoms with Gasteiger partial charge < -0.3 is 5.32 Å². The van der Waals surface area contributed by atoms with Crippen molar-refractivity contribution in [2.45, 2.75) is 51.9 Å². The van der Waals surface area contributed by atoms with Gasteiger partial charge >= 0.3 is 0 Å². The van der Waals surface area contributed by atoms with Gasteiger partial charge in [0, 0.05) is 0 Å². The maximum absolute atomic E-state index is 3.71. The third-order valence-electron chi connectivity index (χ3n) is 4.38. The van der Waals surface area contributed by atoms with E-state index in [1.807, 2.05) is 0 Å². The Morgan fingerprint density at radius 1 is 0.938 bits per heavy atom. The minimum atomic E-state index is 0.910. The summed E-state index contributed by atoms with van der Waals surface area (Å²) >= 11 is 0. The van der Waals surface area contributed by atoms with Crippen LogP contribution in [0, 0.1) is 17.8 Å². The lowest BCUT2D eigenvalue weighted by Crippen LogP contribution is -2.30. The predicted molar refractivity (Wildman–Crippen MR) is 70.5 cm³/mol. The Morgan fingerprint density at radius 3 is 2.38 bits per heavy atom. The molecule has 1 heteroatoms.